The van der Waals surface area contributed by atoms with Crippen molar-refractivity contribution < 1.29 is 18.3 Å². The second kappa shape index (κ2) is 6.72. The van der Waals surface area contributed by atoms with Gasteiger partial charge in [-0.25, -0.2) is 23.5 Å². The van der Waals surface area contributed by atoms with E-state index in [9.17, 15) is 13.6 Å². The Hall–Kier alpha value is -2.88. The van der Waals surface area contributed by atoms with Crippen LogP contribution in [0.4, 0.5) is 8.78 Å². The molecule has 2 rings (SSSR count). The van der Waals surface area contributed by atoms with Gasteiger partial charge in [-0.3, -0.25) is 0 Å². The van der Waals surface area contributed by atoms with Crippen molar-refractivity contribution in [3.63, 3.8) is 0 Å². The van der Waals surface area contributed by atoms with Crippen molar-refractivity contribution in [2.24, 2.45) is 0 Å². The molecular weight excluding hydrogens is 292 g/mol. The highest BCUT2D eigenvalue weighted by Crippen LogP contribution is 2.20. The normalized spacial score (nSPS) is 10.1. The zero-order valence-corrected chi connectivity index (χ0v) is 11.6. The van der Waals surface area contributed by atoms with Crippen LogP contribution in [0.3, 0.4) is 0 Å². The highest BCUT2D eigenvalue weighted by molar-refractivity contribution is 5.86. The summed E-state index contributed by atoms with van der Waals surface area (Å²) >= 11 is 0. The topological polar surface area (TPSA) is 75.9 Å². The summed E-state index contributed by atoms with van der Waals surface area (Å²) in [6.45, 7) is 2.00. The van der Waals surface area contributed by atoms with Crippen molar-refractivity contribution in [2.45, 2.75) is 19.8 Å². The summed E-state index contributed by atoms with van der Waals surface area (Å²) in [4.78, 5) is 19.5. The predicted molar refractivity (Wildman–Crippen MR) is 72.1 cm³/mol. The van der Waals surface area contributed by atoms with Gasteiger partial charge in [0.05, 0.1) is 0 Å². The zero-order chi connectivity index (χ0) is 16.1. The van der Waals surface area contributed by atoms with Gasteiger partial charge in [-0.2, -0.15) is 5.26 Å². The summed E-state index contributed by atoms with van der Waals surface area (Å²) in [7, 11) is 0. The standard InChI is InChI=1S/C15H11F2N3O2/c1-2-3-9-7-19-14(20-8-9)15(21)22-10-4-12(16)11(6-18)13(17)5-10/h4-5,7-8H,2-3H2,1H3. The van der Waals surface area contributed by atoms with Crippen LogP contribution in [0.5, 0.6) is 5.75 Å². The number of nitriles is 1. The Morgan fingerprint density at radius 1 is 1.27 bits per heavy atom. The van der Waals surface area contributed by atoms with Crippen LogP contribution in [0.25, 0.3) is 0 Å². The molecule has 0 unspecified atom stereocenters. The summed E-state index contributed by atoms with van der Waals surface area (Å²) in [6, 6.07) is 2.89. The fraction of sp³-hybridized carbons (Fsp3) is 0.200. The van der Waals surface area contributed by atoms with E-state index >= 15 is 0 Å². The third-order valence-corrected chi connectivity index (χ3v) is 2.76. The van der Waals surface area contributed by atoms with Crippen molar-refractivity contribution in [3.05, 3.63) is 53.1 Å². The van der Waals surface area contributed by atoms with Gasteiger partial charge >= 0.3 is 5.97 Å². The zero-order valence-electron chi connectivity index (χ0n) is 11.6. The van der Waals surface area contributed by atoms with Crippen LogP contribution >= 0.6 is 0 Å². The number of benzene rings is 1. The lowest BCUT2D eigenvalue weighted by Crippen LogP contribution is -2.13. The average molecular weight is 303 g/mol. The Bertz CT molecular complexity index is 716. The number of halogens is 2. The predicted octanol–water partition coefficient (Wildman–Crippen LogP) is 2.80. The van der Waals surface area contributed by atoms with Gasteiger partial charge in [0.1, 0.15) is 29.0 Å². The van der Waals surface area contributed by atoms with Crippen LogP contribution in [0.15, 0.2) is 24.5 Å². The number of nitrogens with zero attached hydrogens (tertiary/aromatic N) is 3. The third kappa shape index (κ3) is 3.41. The van der Waals surface area contributed by atoms with Crippen LogP contribution in [-0.4, -0.2) is 15.9 Å². The van der Waals surface area contributed by atoms with Gasteiger partial charge in [-0.1, -0.05) is 13.3 Å². The van der Waals surface area contributed by atoms with E-state index in [1.165, 1.54) is 18.5 Å². The van der Waals surface area contributed by atoms with Crippen molar-refractivity contribution >= 4 is 5.97 Å². The molecule has 1 aromatic carbocycles. The number of ether oxygens (including phenoxy) is 1. The fourth-order valence-corrected chi connectivity index (χ4v) is 1.75. The number of hydrogen-bond acceptors (Lipinski definition) is 5. The third-order valence-electron chi connectivity index (χ3n) is 2.76. The van der Waals surface area contributed by atoms with E-state index in [1.54, 1.807) is 0 Å². The summed E-state index contributed by atoms with van der Waals surface area (Å²) in [6.07, 6.45) is 4.68. The summed E-state index contributed by atoms with van der Waals surface area (Å²) < 4.78 is 31.6. The minimum atomic E-state index is -1.11. The molecule has 0 radical (unpaired) electrons. The maximum Gasteiger partial charge on any atom is 0.381 e. The maximum absolute atomic E-state index is 13.4. The van der Waals surface area contributed by atoms with E-state index in [4.69, 9.17) is 10.00 Å². The lowest BCUT2D eigenvalue weighted by atomic mass is 10.2. The van der Waals surface area contributed by atoms with E-state index < -0.39 is 23.2 Å². The molecule has 1 heterocycles. The molecule has 22 heavy (non-hydrogen) atoms. The number of carbonyl (C=O) groups is 1. The van der Waals surface area contributed by atoms with Gasteiger partial charge in [0.2, 0.25) is 5.82 Å². The smallest absolute Gasteiger partial charge is 0.381 e. The van der Waals surface area contributed by atoms with Gasteiger partial charge < -0.3 is 4.74 Å². The fourth-order valence-electron chi connectivity index (χ4n) is 1.75. The molecule has 2 aromatic rings. The van der Waals surface area contributed by atoms with Crippen LogP contribution in [0, 0.1) is 23.0 Å². The second-order valence-corrected chi connectivity index (χ2v) is 4.43. The molecule has 112 valence electrons. The monoisotopic (exact) mass is 303 g/mol. The molecule has 0 saturated heterocycles. The minimum Gasteiger partial charge on any atom is -0.420 e. The molecule has 0 aliphatic rings. The van der Waals surface area contributed by atoms with Crippen LogP contribution in [0.1, 0.15) is 35.1 Å². The minimum absolute atomic E-state index is 0.218. The van der Waals surface area contributed by atoms with Crippen LogP contribution < -0.4 is 4.74 Å². The first-order chi connectivity index (χ1) is 10.5. The van der Waals surface area contributed by atoms with Gasteiger partial charge in [0.25, 0.3) is 0 Å². The molecule has 0 spiro atoms. The highest BCUT2D eigenvalue weighted by atomic mass is 19.1. The van der Waals surface area contributed by atoms with E-state index in [2.05, 4.69) is 9.97 Å². The van der Waals surface area contributed by atoms with Crippen molar-refractivity contribution in [1.29, 1.82) is 5.26 Å². The Morgan fingerprint density at radius 3 is 2.36 bits per heavy atom. The molecule has 0 N–H and O–H groups in total. The molecule has 0 saturated carbocycles. The number of rotatable bonds is 4. The first-order valence-electron chi connectivity index (χ1n) is 6.47. The number of hydrogen-bond donors (Lipinski definition) is 0. The largest absolute Gasteiger partial charge is 0.420 e. The first kappa shape index (κ1) is 15.5. The summed E-state index contributed by atoms with van der Waals surface area (Å²) in [5.74, 6) is -3.73. The van der Waals surface area contributed by atoms with E-state index in [0.717, 1.165) is 30.5 Å². The average Bonchev–Trinajstić information content (AvgIpc) is 2.48. The SMILES string of the molecule is CCCc1cnc(C(=O)Oc2cc(F)c(C#N)c(F)c2)nc1. The number of esters is 1. The quantitative estimate of drug-likeness (QED) is 0.641. The van der Waals surface area contributed by atoms with Gasteiger partial charge in [-0.15, -0.1) is 0 Å². The van der Waals surface area contributed by atoms with E-state index in [1.807, 2.05) is 6.92 Å². The lowest BCUT2D eigenvalue weighted by molar-refractivity contribution is 0.0721. The Balaban J connectivity index is 2.17. The molecule has 0 aliphatic carbocycles. The van der Waals surface area contributed by atoms with Gasteiger partial charge in [0.15, 0.2) is 0 Å². The number of aromatic nitrogens is 2. The van der Waals surface area contributed by atoms with Crippen LogP contribution in [0.2, 0.25) is 0 Å². The molecule has 7 heteroatoms. The van der Waals surface area contributed by atoms with Crippen molar-refractivity contribution in [3.8, 4) is 11.8 Å². The number of aryl methyl sites for hydroxylation is 1. The molecule has 0 atom stereocenters. The second-order valence-electron chi connectivity index (χ2n) is 4.43. The Kier molecular flexibility index (Phi) is 4.73. The van der Waals surface area contributed by atoms with Gasteiger partial charge in [0, 0.05) is 24.5 Å². The Morgan fingerprint density at radius 2 is 1.86 bits per heavy atom. The number of carbonyl (C=O) groups excluding carboxylic acids is 1. The molecule has 0 fully saturated rings. The first-order valence-corrected chi connectivity index (χ1v) is 6.47. The molecule has 5 nitrogen and oxygen atoms in total. The van der Waals surface area contributed by atoms with E-state index in [0.29, 0.717) is 0 Å². The lowest BCUT2D eigenvalue weighted by Gasteiger charge is -2.05. The van der Waals surface area contributed by atoms with Crippen molar-refractivity contribution in [1.82, 2.24) is 9.97 Å². The molecule has 0 bridgehead atoms. The molecular formula is C15H11F2N3O2. The maximum atomic E-state index is 13.4. The molecule has 0 amide bonds. The summed E-state index contributed by atoms with van der Waals surface area (Å²) in [5.41, 5.74) is 0.134. The van der Waals surface area contributed by atoms with Crippen molar-refractivity contribution in [2.75, 3.05) is 0 Å². The Labute approximate surface area is 125 Å². The molecule has 0 aliphatic heterocycles. The molecule has 1 aromatic heterocycles. The van der Waals surface area contributed by atoms with E-state index in [-0.39, 0.29) is 11.6 Å². The van der Waals surface area contributed by atoms with Gasteiger partial charge in [-0.05, 0) is 12.0 Å². The summed E-state index contributed by atoms with van der Waals surface area (Å²) in [5, 5.41) is 8.56. The van der Waals surface area contributed by atoms with Crippen LogP contribution in [-0.2, 0) is 6.42 Å². The highest BCUT2D eigenvalue weighted by Gasteiger charge is 2.16.